The van der Waals surface area contributed by atoms with Gasteiger partial charge in [-0.1, -0.05) is 18.2 Å². The summed E-state index contributed by atoms with van der Waals surface area (Å²) in [4.78, 5) is 17.8. The van der Waals surface area contributed by atoms with Crippen molar-refractivity contribution in [2.24, 2.45) is 5.73 Å². The highest BCUT2D eigenvalue weighted by atomic mass is 19.3. The lowest BCUT2D eigenvalue weighted by molar-refractivity contribution is -0.118. The summed E-state index contributed by atoms with van der Waals surface area (Å²) in [6, 6.07) is 6.85. The number of alkyl halides is 2. The molecule has 1 saturated heterocycles. The topological polar surface area (TPSA) is 73.4 Å². The van der Waals surface area contributed by atoms with Gasteiger partial charge in [-0.3, -0.25) is 9.69 Å². The number of likely N-dealkylation sites (tertiary alicyclic amines) is 1. The van der Waals surface area contributed by atoms with Gasteiger partial charge in [-0.05, 0) is 25.5 Å². The molecule has 0 spiro atoms. The first-order valence-corrected chi connectivity index (χ1v) is 8.57. The second kappa shape index (κ2) is 8.27. The SMILES string of the molecule is NC(=O)Cn1ccnc1[C@@H]1CCCN(Cc2ccccc2OC(F)F)C1. The maximum atomic E-state index is 12.6. The van der Waals surface area contributed by atoms with E-state index < -0.39 is 12.5 Å². The first-order chi connectivity index (χ1) is 12.5. The van der Waals surface area contributed by atoms with Crippen molar-refractivity contribution in [1.82, 2.24) is 14.5 Å². The lowest BCUT2D eigenvalue weighted by atomic mass is 9.96. The summed E-state index contributed by atoms with van der Waals surface area (Å²) < 4.78 is 31.6. The van der Waals surface area contributed by atoms with Crippen molar-refractivity contribution in [1.29, 1.82) is 0 Å². The number of amides is 1. The number of ether oxygens (including phenoxy) is 1. The number of carbonyl (C=O) groups is 1. The normalized spacial score (nSPS) is 18.2. The molecule has 2 heterocycles. The van der Waals surface area contributed by atoms with Gasteiger partial charge in [-0.2, -0.15) is 8.78 Å². The molecule has 1 fully saturated rings. The summed E-state index contributed by atoms with van der Waals surface area (Å²) >= 11 is 0. The molecular formula is C18H22F2N4O2. The van der Waals surface area contributed by atoms with Crippen molar-refractivity contribution < 1.29 is 18.3 Å². The fourth-order valence-electron chi connectivity index (χ4n) is 3.48. The molecule has 3 rings (SSSR count). The average Bonchev–Trinajstić information content (AvgIpc) is 3.04. The number of nitrogens with two attached hydrogens (primary N) is 1. The largest absolute Gasteiger partial charge is 0.434 e. The Bertz CT molecular complexity index is 750. The van der Waals surface area contributed by atoms with Crippen LogP contribution in [0.2, 0.25) is 0 Å². The van der Waals surface area contributed by atoms with Gasteiger partial charge < -0.3 is 15.0 Å². The number of primary amides is 1. The van der Waals surface area contributed by atoms with E-state index in [4.69, 9.17) is 5.73 Å². The molecule has 1 amide bonds. The van der Waals surface area contributed by atoms with Gasteiger partial charge in [0.2, 0.25) is 5.91 Å². The van der Waals surface area contributed by atoms with Crippen molar-refractivity contribution in [2.45, 2.75) is 38.5 Å². The van der Waals surface area contributed by atoms with E-state index in [-0.39, 0.29) is 18.2 Å². The molecule has 0 unspecified atom stereocenters. The number of aromatic nitrogens is 2. The van der Waals surface area contributed by atoms with Crippen LogP contribution in [0.3, 0.4) is 0 Å². The van der Waals surface area contributed by atoms with E-state index in [1.165, 1.54) is 0 Å². The summed E-state index contributed by atoms with van der Waals surface area (Å²) in [6.07, 6.45) is 5.35. The molecule has 0 saturated carbocycles. The number of nitrogens with zero attached hydrogens (tertiary/aromatic N) is 3. The lowest BCUT2D eigenvalue weighted by Crippen LogP contribution is -2.35. The van der Waals surface area contributed by atoms with Crippen LogP contribution in [-0.4, -0.2) is 40.1 Å². The first kappa shape index (κ1) is 18.3. The number of carbonyl (C=O) groups excluding carboxylic acids is 1. The quantitative estimate of drug-likeness (QED) is 0.819. The number of halogens is 2. The maximum absolute atomic E-state index is 12.6. The van der Waals surface area contributed by atoms with Gasteiger partial charge in [0.25, 0.3) is 0 Å². The van der Waals surface area contributed by atoms with Crippen LogP contribution in [0, 0.1) is 0 Å². The third-order valence-corrected chi connectivity index (χ3v) is 4.53. The molecule has 26 heavy (non-hydrogen) atoms. The Labute approximate surface area is 150 Å². The highest BCUT2D eigenvalue weighted by Gasteiger charge is 2.25. The zero-order valence-electron chi connectivity index (χ0n) is 14.4. The van der Waals surface area contributed by atoms with Crippen LogP contribution < -0.4 is 10.5 Å². The molecule has 6 nitrogen and oxygen atoms in total. The predicted octanol–water partition coefficient (Wildman–Crippen LogP) is 2.35. The van der Waals surface area contributed by atoms with Crippen LogP contribution in [0.4, 0.5) is 8.78 Å². The van der Waals surface area contributed by atoms with E-state index in [0.717, 1.165) is 37.3 Å². The van der Waals surface area contributed by atoms with Crippen LogP contribution >= 0.6 is 0 Å². The second-order valence-electron chi connectivity index (χ2n) is 6.44. The van der Waals surface area contributed by atoms with Crippen LogP contribution in [0.1, 0.15) is 30.1 Å². The molecular weight excluding hydrogens is 342 g/mol. The molecule has 2 aromatic rings. The molecule has 8 heteroatoms. The first-order valence-electron chi connectivity index (χ1n) is 8.57. The van der Waals surface area contributed by atoms with E-state index in [1.54, 1.807) is 35.2 Å². The minimum absolute atomic E-state index is 0.108. The molecule has 2 N–H and O–H groups in total. The fraction of sp³-hybridized carbons (Fsp3) is 0.444. The van der Waals surface area contributed by atoms with E-state index >= 15 is 0 Å². The standard InChI is InChI=1S/C18H22F2N4O2/c19-18(20)26-15-6-2-1-4-13(15)10-23-8-3-5-14(11-23)17-22-7-9-24(17)12-16(21)25/h1-2,4,6-7,9,14,18H,3,5,8,10-12H2,(H2,21,25)/t14-/m1/s1. The molecule has 1 aromatic heterocycles. The highest BCUT2D eigenvalue weighted by molar-refractivity contribution is 5.73. The van der Waals surface area contributed by atoms with Gasteiger partial charge in [0.05, 0.1) is 0 Å². The Balaban J connectivity index is 1.70. The summed E-state index contributed by atoms with van der Waals surface area (Å²) in [5.41, 5.74) is 6.03. The van der Waals surface area contributed by atoms with Gasteiger partial charge in [-0.25, -0.2) is 4.98 Å². The molecule has 1 aromatic carbocycles. The van der Waals surface area contributed by atoms with E-state index in [0.29, 0.717) is 6.54 Å². The minimum Gasteiger partial charge on any atom is -0.434 e. The summed E-state index contributed by atoms with van der Waals surface area (Å²) in [6.45, 7) is -0.603. The Morgan fingerprint density at radius 2 is 2.19 bits per heavy atom. The number of hydrogen-bond acceptors (Lipinski definition) is 4. The monoisotopic (exact) mass is 364 g/mol. The van der Waals surface area contributed by atoms with Crippen molar-refractivity contribution in [3.05, 3.63) is 48.0 Å². The zero-order chi connectivity index (χ0) is 18.5. The van der Waals surface area contributed by atoms with Gasteiger partial charge in [0.15, 0.2) is 0 Å². The molecule has 0 radical (unpaired) electrons. The van der Waals surface area contributed by atoms with Crippen LogP contribution in [0.15, 0.2) is 36.7 Å². The highest BCUT2D eigenvalue weighted by Crippen LogP contribution is 2.29. The lowest BCUT2D eigenvalue weighted by Gasteiger charge is -2.33. The molecule has 0 bridgehead atoms. The van der Waals surface area contributed by atoms with Crippen molar-refractivity contribution in [3.8, 4) is 5.75 Å². The Kier molecular flexibility index (Phi) is 5.82. The Morgan fingerprint density at radius 3 is 2.96 bits per heavy atom. The smallest absolute Gasteiger partial charge is 0.387 e. The number of hydrogen-bond donors (Lipinski definition) is 1. The maximum Gasteiger partial charge on any atom is 0.387 e. The summed E-state index contributed by atoms with van der Waals surface area (Å²) in [5.74, 6) is 0.807. The third kappa shape index (κ3) is 4.57. The number of piperidine rings is 1. The van der Waals surface area contributed by atoms with Crippen LogP contribution in [-0.2, 0) is 17.9 Å². The van der Waals surface area contributed by atoms with Gasteiger partial charge >= 0.3 is 6.61 Å². The number of imidazole rings is 1. The summed E-state index contributed by atoms with van der Waals surface area (Å²) in [7, 11) is 0. The second-order valence-corrected chi connectivity index (χ2v) is 6.44. The summed E-state index contributed by atoms with van der Waals surface area (Å²) in [5, 5.41) is 0. The molecule has 1 atom stereocenters. The van der Waals surface area contributed by atoms with Gasteiger partial charge in [0.1, 0.15) is 18.1 Å². The van der Waals surface area contributed by atoms with E-state index in [2.05, 4.69) is 14.6 Å². The van der Waals surface area contributed by atoms with E-state index in [1.807, 2.05) is 6.07 Å². The van der Waals surface area contributed by atoms with Crippen molar-refractivity contribution in [2.75, 3.05) is 13.1 Å². The van der Waals surface area contributed by atoms with Crippen LogP contribution in [0.5, 0.6) is 5.75 Å². The van der Waals surface area contributed by atoms with Crippen LogP contribution in [0.25, 0.3) is 0 Å². The average molecular weight is 364 g/mol. The molecule has 1 aliphatic heterocycles. The molecule has 140 valence electrons. The van der Waals surface area contributed by atoms with E-state index in [9.17, 15) is 13.6 Å². The number of rotatable bonds is 7. The van der Waals surface area contributed by atoms with Crippen molar-refractivity contribution in [3.63, 3.8) is 0 Å². The molecule has 0 aliphatic carbocycles. The zero-order valence-corrected chi connectivity index (χ0v) is 14.4. The van der Waals surface area contributed by atoms with Crippen molar-refractivity contribution >= 4 is 5.91 Å². The minimum atomic E-state index is -2.84. The Morgan fingerprint density at radius 1 is 1.38 bits per heavy atom. The Hall–Kier alpha value is -2.48. The number of benzene rings is 1. The fourth-order valence-corrected chi connectivity index (χ4v) is 3.48. The number of para-hydroxylation sites is 1. The van der Waals surface area contributed by atoms with Gasteiger partial charge in [0, 0.05) is 37.0 Å². The molecule has 1 aliphatic rings. The predicted molar refractivity (Wildman–Crippen MR) is 91.7 cm³/mol. The third-order valence-electron chi connectivity index (χ3n) is 4.53. The van der Waals surface area contributed by atoms with Gasteiger partial charge in [-0.15, -0.1) is 0 Å².